The molecule has 0 radical (unpaired) electrons. The third kappa shape index (κ3) is 19.9. The third-order valence-corrected chi connectivity index (χ3v) is 8.57. The minimum atomic E-state index is -0.484. The average Bonchev–Trinajstić information content (AvgIpc) is 3.12. The highest BCUT2D eigenvalue weighted by molar-refractivity contribution is 7.99. The van der Waals surface area contributed by atoms with Crippen LogP contribution >= 0.6 is 11.8 Å². The molecule has 0 bridgehead atoms. The van der Waals surface area contributed by atoms with E-state index in [1.807, 2.05) is 41.9 Å². The van der Waals surface area contributed by atoms with Crippen molar-refractivity contribution in [2.45, 2.75) is 38.8 Å². The zero-order valence-electron chi connectivity index (χ0n) is 29.6. The van der Waals surface area contributed by atoms with Crippen molar-refractivity contribution in [3.63, 3.8) is 0 Å². The smallest absolute Gasteiger partial charge is 0.356 e. The molecule has 2 aromatic rings. The van der Waals surface area contributed by atoms with Gasteiger partial charge in [-0.05, 0) is 68.6 Å². The van der Waals surface area contributed by atoms with Gasteiger partial charge in [-0.2, -0.15) is 11.8 Å². The highest BCUT2D eigenvalue weighted by Crippen LogP contribution is 2.09. The number of methoxy groups -OCH3 is 2. The molecule has 2 rings (SSSR count). The maximum atomic E-state index is 12.0. The molecule has 0 atom stereocenters. The SMILES string of the molecule is CNCCCCCSCCCOCCN(CCOCCOCCN(CCO)Cc1cccc(C(=O)OC)n1)Cc1cccc(C(=O)OC)n1. The fraction of sp³-hybridized carbons (Fsp3) is 0.657. The summed E-state index contributed by atoms with van der Waals surface area (Å²) in [6, 6.07) is 10.6. The zero-order valence-corrected chi connectivity index (χ0v) is 30.4. The molecule has 0 spiro atoms. The number of hydrogen-bond donors (Lipinski definition) is 2. The lowest BCUT2D eigenvalue weighted by Gasteiger charge is -2.22. The molecule has 276 valence electrons. The number of pyridine rings is 2. The van der Waals surface area contributed by atoms with E-state index in [0.717, 1.165) is 31.0 Å². The molecule has 49 heavy (non-hydrogen) atoms. The monoisotopic (exact) mass is 707 g/mol. The third-order valence-electron chi connectivity index (χ3n) is 7.41. The van der Waals surface area contributed by atoms with Crippen molar-refractivity contribution in [2.75, 3.05) is 112 Å². The van der Waals surface area contributed by atoms with E-state index in [2.05, 4.69) is 20.2 Å². The van der Waals surface area contributed by atoms with Crippen molar-refractivity contribution in [3.05, 3.63) is 59.2 Å². The Morgan fingerprint density at radius 2 is 1.20 bits per heavy atom. The first kappa shape index (κ1) is 42.5. The van der Waals surface area contributed by atoms with Crippen LogP contribution in [0.1, 0.15) is 58.0 Å². The van der Waals surface area contributed by atoms with Crippen molar-refractivity contribution in [1.29, 1.82) is 0 Å². The lowest BCUT2D eigenvalue weighted by atomic mass is 10.2. The number of aliphatic hydroxyl groups is 1. The zero-order chi connectivity index (χ0) is 35.4. The van der Waals surface area contributed by atoms with E-state index in [1.165, 1.54) is 39.2 Å². The van der Waals surface area contributed by atoms with Crippen LogP contribution < -0.4 is 5.32 Å². The van der Waals surface area contributed by atoms with Gasteiger partial charge in [0.2, 0.25) is 0 Å². The van der Waals surface area contributed by atoms with E-state index in [0.29, 0.717) is 78.0 Å². The van der Waals surface area contributed by atoms with Gasteiger partial charge in [0.15, 0.2) is 0 Å². The second-order valence-electron chi connectivity index (χ2n) is 11.3. The number of unbranched alkanes of at least 4 members (excludes halogenated alkanes) is 2. The maximum Gasteiger partial charge on any atom is 0.356 e. The van der Waals surface area contributed by atoms with E-state index < -0.39 is 11.9 Å². The number of carbonyl (C=O) groups excluding carboxylic acids is 2. The molecule has 0 aliphatic heterocycles. The number of carbonyl (C=O) groups is 2. The lowest BCUT2D eigenvalue weighted by molar-refractivity contribution is 0.0244. The molecule has 0 saturated heterocycles. The number of esters is 2. The predicted molar refractivity (Wildman–Crippen MR) is 191 cm³/mol. The first-order valence-electron chi connectivity index (χ1n) is 17.1. The quantitative estimate of drug-likeness (QED) is 0.0907. The van der Waals surface area contributed by atoms with Crippen LogP contribution in [0.3, 0.4) is 0 Å². The summed E-state index contributed by atoms with van der Waals surface area (Å²) >= 11 is 2.00. The Morgan fingerprint density at radius 1 is 0.694 bits per heavy atom. The molecule has 0 aliphatic rings. The Balaban J connectivity index is 1.70. The van der Waals surface area contributed by atoms with Crippen LogP contribution in [0, 0.1) is 0 Å². The number of rotatable bonds is 30. The van der Waals surface area contributed by atoms with Gasteiger partial charge in [-0.1, -0.05) is 18.6 Å². The first-order chi connectivity index (χ1) is 24.0. The Kier molecular flexibility index (Phi) is 24.3. The van der Waals surface area contributed by atoms with Crippen molar-refractivity contribution >= 4 is 23.7 Å². The molecule has 14 heteroatoms. The Morgan fingerprint density at radius 3 is 1.71 bits per heavy atom. The fourth-order valence-corrected chi connectivity index (χ4v) is 5.70. The molecule has 13 nitrogen and oxygen atoms in total. The minimum absolute atomic E-state index is 0.000553. The highest BCUT2D eigenvalue weighted by atomic mass is 32.2. The Hall–Kier alpha value is -2.69. The molecule has 0 saturated carbocycles. The van der Waals surface area contributed by atoms with Gasteiger partial charge in [-0.25, -0.2) is 19.6 Å². The minimum Gasteiger partial charge on any atom is -0.464 e. The van der Waals surface area contributed by atoms with Crippen LogP contribution in [-0.2, 0) is 36.8 Å². The van der Waals surface area contributed by atoms with Crippen LogP contribution in [0.15, 0.2) is 36.4 Å². The highest BCUT2D eigenvalue weighted by Gasteiger charge is 2.13. The number of hydrogen-bond acceptors (Lipinski definition) is 14. The van der Waals surface area contributed by atoms with Crippen molar-refractivity contribution in [1.82, 2.24) is 25.1 Å². The summed E-state index contributed by atoms with van der Waals surface area (Å²) in [6.45, 7) is 7.70. The summed E-state index contributed by atoms with van der Waals surface area (Å²) in [7, 11) is 4.67. The molecule has 2 N–H and O–H groups in total. The van der Waals surface area contributed by atoms with Gasteiger partial charge in [-0.15, -0.1) is 0 Å². The Labute approximate surface area is 296 Å². The number of aromatic nitrogens is 2. The van der Waals surface area contributed by atoms with Gasteiger partial charge in [-0.3, -0.25) is 9.80 Å². The predicted octanol–water partition coefficient (Wildman–Crippen LogP) is 2.91. The van der Waals surface area contributed by atoms with Crippen LogP contribution in [-0.4, -0.2) is 149 Å². The van der Waals surface area contributed by atoms with Gasteiger partial charge < -0.3 is 34.1 Å². The number of ether oxygens (including phenoxy) is 5. The normalized spacial score (nSPS) is 11.4. The van der Waals surface area contributed by atoms with Crippen LogP contribution in [0.5, 0.6) is 0 Å². The van der Waals surface area contributed by atoms with E-state index >= 15 is 0 Å². The van der Waals surface area contributed by atoms with E-state index in [4.69, 9.17) is 23.7 Å². The second kappa shape index (κ2) is 28.1. The average molecular weight is 708 g/mol. The molecular formula is C35H57N5O8S. The molecule has 0 fully saturated rings. The van der Waals surface area contributed by atoms with Gasteiger partial charge in [0, 0.05) is 45.9 Å². The van der Waals surface area contributed by atoms with Crippen molar-refractivity contribution in [2.24, 2.45) is 0 Å². The molecule has 2 heterocycles. The fourth-order valence-electron chi connectivity index (χ4n) is 4.76. The largest absolute Gasteiger partial charge is 0.464 e. The number of thioether (sulfide) groups is 1. The molecule has 0 amide bonds. The molecular weight excluding hydrogens is 650 g/mol. The van der Waals surface area contributed by atoms with Crippen LogP contribution in [0.25, 0.3) is 0 Å². The van der Waals surface area contributed by atoms with Gasteiger partial charge >= 0.3 is 11.9 Å². The van der Waals surface area contributed by atoms with Crippen molar-refractivity contribution in [3.8, 4) is 0 Å². The van der Waals surface area contributed by atoms with Crippen molar-refractivity contribution < 1.29 is 38.4 Å². The standard InChI is InChI=1S/C35H57N5O8S/c1-36-14-5-4-6-26-49-27-9-20-46-21-17-40(29-31-11-8-13-33(38-31)35(43)45-3)18-23-48-25-24-47-22-16-39(15-19-41)28-30-10-7-12-32(37-30)34(42)44-2/h7-8,10-13,36,41H,4-6,9,14-29H2,1-3H3. The molecule has 0 aromatic carbocycles. The summed E-state index contributed by atoms with van der Waals surface area (Å²) in [4.78, 5) is 36.8. The second-order valence-corrected chi connectivity index (χ2v) is 12.5. The van der Waals surface area contributed by atoms with E-state index in [-0.39, 0.29) is 18.0 Å². The van der Waals surface area contributed by atoms with Gasteiger partial charge in [0.05, 0.1) is 65.2 Å². The molecule has 0 aliphatic carbocycles. The summed E-state index contributed by atoms with van der Waals surface area (Å²) in [6.07, 6.45) is 4.80. The van der Waals surface area contributed by atoms with Gasteiger partial charge in [0.1, 0.15) is 11.4 Å². The van der Waals surface area contributed by atoms with Gasteiger partial charge in [0.25, 0.3) is 0 Å². The summed E-state index contributed by atoms with van der Waals surface area (Å²) < 4.78 is 27.2. The number of nitrogens with zero attached hydrogens (tertiary/aromatic N) is 4. The maximum absolute atomic E-state index is 12.0. The van der Waals surface area contributed by atoms with Crippen LogP contribution in [0.4, 0.5) is 0 Å². The number of aliphatic hydroxyl groups excluding tert-OH is 1. The van der Waals surface area contributed by atoms with E-state index in [9.17, 15) is 14.7 Å². The number of nitrogens with one attached hydrogen (secondary N) is 1. The first-order valence-corrected chi connectivity index (χ1v) is 18.3. The molecule has 0 unspecified atom stereocenters. The molecule has 2 aromatic heterocycles. The Bertz CT molecular complexity index is 1160. The lowest BCUT2D eigenvalue weighted by Crippen LogP contribution is -2.32. The topological polar surface area (TPSA) is 145 Å². The summed E-state index contributed by atoms with van der Waals surface area (Å²) in [5.41, 5.74) is 2.02. The van der Waals surface area contributed by atoms with Crippen LogP contribution in [0.2, 0.25) is 0 Å². The summed E-state index contributed by atoms with van der Waals surface area (Å²) in [5.74, 6) is 1.37. The summed E-state index contributed by atoms with van der Waals surface area (Å²) in [5, 5.41) is 12.7. The van der Waals surface area contributed by atoms with E-state index in [1.54, 1.807) is 18.2 Å².